The number of hydrogen-bond acceptors (Lipinski definition) is 4. The second kappa shape index (κ2) is 15.8. The molecule has 1 amide bonds. The minimum atomic E-state index is -4.82. The van der Waals surface area contributed by atoms with Crippen molar-refractivity contribution in [1.29, 1.82) is 0 Å². The summed E-state index contributed by atoms with van der Waals surface area (Å²) in [4.78, 5) is 42.2. The van der Waals surface area contributed by atoms with Crippen LogP contribution in [0.25, 0.3) is 11.1 Å². The van der Waals surface area contributed by atoms with E-state index in [1.54, 1.807) is 27.7 Å². The molecule has 12 heteroatoms. The zero-order valence-electron chi connectivity index (χ0n) is 30.9. The van der Waals surface area contributed by atoms with Crippen LogP contribution in [0.2, 0.25) is 0 Å². The van der Waals surface area contributed by atoms with Gasteiger partial charge in [-0.15, -0.1) is 5.92 Å². The zero-order valence-corrected chi connectivity index (χ0v) is 30.9. The lowest BCUT2D eigenvalue weighted by Crippen LogP contribution is -2.41. The number of hydrogen-bond donors (Lipinski definition) is 2. The number of carboxylic acids is 1. The molecule has 2 atom stereocenters. The molecule has 2 aliphatic rings. The number of nitrogens with one attached hydrogen (secondary N) is 1. The monoisotopic (exact) mass is 739 g/mol. The highest BCUT2D eigenvalue weighted by Crippen LogP contribution is 2.41. The van der Waals surface area contributed by atoms with Gasteiger partial charge in [0.1, 0.15) is 17.7 Å². The lowest BCUT2D eigenvalue weighted by atomic mass is 9.87. The van der Waals surface area contributed by atoms with Crippen molar-refractivity contribution in [3.8, 4) is 23.0 Å². The summed E-state index contributed by atoms with van der Waals surface area (Å²) in [6, 6.07) is 2.70. The number of likely N-dealkylation sites (tertiary alicyclic amines) is 1. The third-order valence-electron chi connectivity index (χ3n) is 10.3. The molecule has 1 aliphatic heterocycles. The Kier molecular flexibility index (Phi) is 11.9. The van der Waals surface area contributed by atoms with Gasteiger partial charge >= 0.3 is 12.1 Å². The number of piperidine rings is 1. The number of rotatable bonds is 11. The Morgan fingerprint density at radius 3 is 2.13 bits per heavy atom. The maximum Gasteiger partial charge on any atom is 0.416 e. The molecular weight excluding hydrogens is 693 g/mol. The van der Waals surface area contributed by atoms with E-state index >= 15 is 8.78 Å². The van der Waals surface area contributed by atoms with Crippen LogP contribution in [0.15, 0.2) is 35.3 Å². The van der Waals surface area contributed by atoms with Gasteiger partial charge in [-0.3, -0.25) is 14.4 Å². The number of aryl methyl sites for hydroxylation is 3. The molecule has 1 saturated carbocycles. The quantitative estimate of drug-likeness (QED) is 0.152. The summed E-state index contributed by atoms with van der Waals surface area (Å²) in [6.07, 6.45) is -1.67. The molecule has 2 N–H and O–H groups in total. The summed E-state index contributed by atoms with van der Waals surface area (Å²) in [5.74, 6) is -0.238. The molecule has 284 valence electrons. The first kappa shape index (κ1) is 39.7. The maximum absolute atomic E-state index is 16.7. The first-order chi connectivity index (χ1) is 24.9. The van der Waals surface area contributed by atoms with Crippen LogP contribution in [0.4, 0.5) is 22.0 Å². The Morgan fingerprint density at radius 1 is 0.981 bits per heavy atom. The van der Waals surface area contributed by atoms with E-state index in [-0.39, 0.29) is 29.0 Å². The molecule has 0 bridgehead atoms. The van der Waals surface area contributed by atoms with Gasteiger partial charge in [0.15, 0.2) is 0 Å². The van der Waals surface area contributed by atoms with Crippen LogP contribution in [0.1, 0.15) is 116 Å². The predicted molar refractivity (Wildman–Crippen MR) is 192 cm³/mol. The molecule has 0 radical (unpaired) electrons. The molecular formula is C41H46F5N3O4. The van der Waals surface area contributed by atoms with Crippen molar-refractivity contribution in [2.45, 2.75) is 110 Å². The smallest absolute Gasteiger partial charge is 0.416 e. The fraction of sp³-hybridized carbons (Fsp3) is 0.488. The van der Waals surface area contributed by atoms with Gasteiger partial charge in [0.05, 0.1) is 23.6 Å². The summed E-state index contributed by atoms with van der Waals surface area (Å²) in [7, 11) is 0. The molecule has 2 heterocycles. The number of alkyl halides is 3. The van der Waals surface area contributed by atoms with E-state index in [1.807, 2.05) is 19.1 Å². The van der Waals surface area contributed by atoms with E-state index in [2.05, 4.69) is 22.1 Å². The summed E-state index contributed by atoms with van der Waals surface area (Å²) in [5, 5.41) is 12.4. The van der Waals surface area contributed by atoms with Crippen LogP contribution in [0.5, 0.6) is 0 Å². The highest BCUT2D eigenvalue weighted by molar-refractivity contribution is 5.82. The topological polar surface area (TPSA) is 91.6 Å². The van der Waals surface area contributed by atoms with E-state index in [0.717, 1.165) is 29.2 Å². The van der Waals surface area contributed by atoms with Crippen molar-refractivity contribution in [2.24, 2.45) is 5.92 Å². The largest absolute Gasteiger partial charge is 0.481 e. The Bertz CT molecular complexity index is 1990. The number of carbonyl (C=O) groups is 2. The highest BCUT2D eigenvalue weighted by Gasteiger charge is 2.40. The van der Waals surface area contributed by atoms with Crippen molar-refractivity contribution in [2.75, 3.05) is 13.1 Å². The van der Waals surface area contributed by atoms with E-state index in [9.17, 15) is 32.7 Å². The Balaban J connectivity index is 1.61. The fourth-order valence-electron chi connectivity index (χ4n) is 7.83. The Morgan fingerprint density at radius 2 is 1.60 bits per heavy atom. The van der Waals surface area contributed by atoms with E-state index < -0.39 is 70.8 Å². The summed E-state index contributed by atoms with van der Waals surface area (Å²) < 4.78 is 77.2. The van der Waals surface area contributed by atoms with E-state index in [1.165, 1.54) is 13.0 Å². The standard InChI is InChI=1S/C41H46F5N3O4/c1-7-8-27-18-29(36-24(5)16-23(4)17-25(36)6)39(43)37(38(27)42)32(20-35(51)52)47-40(53)33(15-22(2)3)49-21-30(31(19-34(49)50)41(44,45)46)26-11-13-48(14-12-26)28-9-10-28/h16-19,21-22,26,28,32-33H,9-15,20H2,1-6H3,(H,47,53)(H,51,52)/t32-,33+/m0/s1. The lowest BCUT2D eigenvalue weighted by Gasteiger charge is -2.34. The van der Waals surface area contributed by atoms with E-state index in [0.29, 0.717) is 54.7 Å². The van der Waals surface area contributed by atoms with Gasteiger partial charge in [0, 0.05) is 29.4 Å². The molecule has 53 heavy (non-hydrogen) atoms. The second-order valence-electron chi connectivity index (χ2n) is 14.9. The van der Waals surface area contributed by atoms with Gasteiger partial charge in [-0.05, 0) is 113 Å². The molecule has 0 spiro atoms. The van der Waals surface area contributed by atoms with Gasteiger partial charge in [0.25, 0.3) is 5.56 Å². The number of pyridine rings is 1. The fourth-order valence-corrected chi connectivity index (χ4v) is 7.83. The lowest BCUT2D eigenvalue weighted by molar-refractivity contribution is -0.139. The minimum absolute atomic E-state index is 0.0320. The van der Waals surface area contributed by atoms with Crippen molar-refractivity contribution in [3.05, 3.63) is 91.4 Å². The number of benzene rings is 2. The zero-order chi connectivity index (χ0) is 38.9. The van der Waals surface area contributed by atoms with Crippen molar-refractivity contribution in [3.63, 3.8) is 0 Å². The van der Waals surface area contributed by atoms with Crippen LogP contribution < -0.4 is 10.9 Å². The number of aliphatic carboxylic acids is 1. The number of carboxylic acid groups (broad SMARTS) is 1. The molecule has 1 saturated heterocycles. The number of halogens is 5. The third-order valence-corrected chi connectivity index (χ3v) is 10.3. The van der Waals surface area contributed by atoms with Gasteiger partial charge in [0.2, 0.25) is 5.91 Å². The molecule has 0 unspecified atom stereocenters. The Labute approximate surface area is 306 Å². The van der Waals surface area contributed by atoms with Gasteiger partial charge < -0.3 is 19.9 Å². The van der Waals surface area contributed by atoms with Crippen LogP contribution >= 0.6 is 0 Å². The van der Waals surface area contributed by atoms with Crippen LogP contribution in [-0.4, -0.2) is 45.6 Å². The van der Waals surface area contributed by atoms with Crippen LogP contribution in [0.3, 0.4) is 0 Å². The predicted octanol–water partition coefficient (Wildman–Crippen LogP) is 8.37. The van der Waals surface area contributed by atoms with Gasteiger partial charge in [-0.1, -0.05) is 37.5 Å². The number of nitrogens with zero attached hydrogens (tertiary/aromatic N) is 2. The van der Waals surface area contributed by atoms with Crippen molar-refractivity contribution >= 4 is 11.9 Å². The van der Waals surface area contributed by atoms with E-state index in [4.69, 9.17) is 0 Å². The van der Waals surface area contributed by atoms with Crippen LogP contribution in [-0.2, 0) is 15.8 Å². The second-order valence-corrected chi connectivity index (χ2v) is 14.9. The molecule has 2 aromatic carbocycles. The summed E-state index contributed by atoms with van der Waals surface area (Å²) >= 11 is 0. The van der Waals surface area contributed by atoms with Gasteiger partial charge in [-0.25, -0.2) is 8.78 Å². The molecule has 3 aromatic rings. The van der Waals surface area contributed by atoms with Crippen LogP contribution in [0, 0.1) is 50.2 Å². The normalized spacial score (nSPS) is 16.6. The first-order valence-electron chi connectivity index (χ1n) is 18.0. The van der Waals surface area contributed by atoms with Gasteiger partial charge in [-0.2, -0.15) is 13.2 Å². The summed E-state index contributed by atoms with van der Waals surface area (Å²) in [5.41, 5.74) is -0.445. The SMILES string of the molecule is CC#Cc1cc(-c2c(C)cc(C)cc2C)c(F)c([C@H](CC(=O)O)NC(=O)[C@@H](CC(C)C)n2cc(C3CCN(C4CC4)CC3)c(C(F)(F)F)cc2=O)c1F. The third kappa shape index (κ3) is 8.84. The number of carbonyl (C=O) groups excluding carboxylic acids is 1. The van der Waals surface area contributed by atoms with Crippen molar-refractivity contribution < 1.29 is 36.6 Å². The summed E-state index contributed by atoms with van der Waals surface area (Å²) in [6.45, 7) is 11.6. The number of amides is 1. The highest BCUT2D eigenvalue weighted by atomic mass is 19.4. The molecule has 7 nitrogen and oxygen atoms in total. The Hall–Kier alpha value is -4.50. The molecule has 2 fully saturated rings. The molecule has 1 aliphatic carbocycles. The molecule has 1 aromatic heterocycles. The molecule has 5 rings (SSSR count). The average Bonchev–Trinajstić information content (AvgIpc) is 3.90. The van der Waals surface area contributed by atoms with Crippen molar-refractivity contribution in [1.82, 2.24) is 14.8 Å². The minimum Gasteiger partial charge on any atom is -0.481 e. The number of aromatic nitrogens is 1. The first-order valence-corrected chi connectivity index (χ1v) is 18.0. The average molecular weight is 740 g/mol. The maximum atomic E-state index is 16.7.